The summed E-state index contributed by atoms with van der Waals surface area (Å²) < 4.78 is 0. The Balaban J connectivity index is 2.76. The highest BCUT2D eigenvalue weighted by molar-refractivity contribution is 5.36. The van der Waals surface area contributed by atoms with Gasteiger partial charge in [-0.05, 0) is 19.1 Å². The van der Waals surface area contributed by atoms with Gasteiger partial charge in [-0.3, -0.25) is 0 Å². The molecule has 0 aliphatic heterocycles. The number of nitrogens with zero attached hydrogens (tertiary/aromatic N) is 4. The minimum Gasteiger partial charge on any atom is -0.345 e. The summed E-state index contributed by atoms with van der Waals surface area (Å²) >= 11 is 0. The molecule has 0 amide bonds. The third-order valence-corrected chi connectivity index (χ3v) is 1.48. The molecule has 0 aromatic carbocycles. The highest BCUT2D eigenvalue weighted by Gasteiger charge is 2.00. The fourth-order valence-corrected chi connectivity index (χ4v) is 0.783. The summed E-state index contributed by atoms with van der Waals surface area (Å²) in [6.07, 6.45) is 0. The molecule has 0 fully saturated rings. The van der Waals surface area contributed by atoms with Crippen molar-refractivity contribution in [2.24, 2.45) is 0 Å². The predicted octanol–water partition coefficient (Wildman–Crippen LogP) is 0.745. The molecule has 1 rings (SSSR count). The summed E-state index contributed by atoms with van der Waals surface area (Å²) in [4.78, 5) is 1.74. The first-order chi connectivity index (χ1) is 5.74. The van der Waals surface area contributed by atoms with Crippen LogP contribution in [-0.4, -0.2) is 23.8 Å². The predicted molar refractivity (Wildman–Crippen MR) is 45.7 cm³/mol. The first-order valence-corrected chi connectivity index (χ1v) is 3.62. The SMILES string of the molecule is Cc1ccc(N(C)CC#N)nn1. The van der Waals surface area contributed by atoms with Crippen molar-refractivity contribution in [3.05, 3.63) is 17.8 Å². The van der Waals surface area contributed by atoms with Crippen LogP contribution in [0.25, 0.3) is 0 Å². The number of hydrogen-bond acceptors (Lipinski definition) is 4. The van der Waals surface area contributed by atoms with Crippen LogP contribution in [-0.2, 0) is 0 Å². The molecule has 0 aliphatic carbocycles. The minimum atomic E-state index is 0.331. The van der Waals surface area contributed by atoms with Gasteiger partial charge >= 0.3 is 0 Å². The Kier molecular flexibility index (Phi) is 2.59. The fraction of sp³-hybridized carbons (Fsp3) is 0.375. The number of nitriles is 1. The highest BCUT2D eigenvalue weighted by Crippen LogP contribution is 2.05. The molecule has 0 spiro atoms. The lowest BCUT2D eigenvalue weighted by Crippen LogP contribution is -2.18. The summed E-state index contributed by atoms with van der Waals surface area (Å²) in [5, 5.41) is 16.2. The normalized spacial score (nSPS) is 9.08. The van der Waals surface area contributed by atoms with Gasteiger partial charge in [0.25, 0.3) is 0 Å². The van der Waals surface area contributed by atoms with Gasteiger partial charge in [0, 0.05) is 7.05 Å². The van der Waals surface area contributed by atoms with Crippen LogP contribution in [0, 0.1) is 18.3 Å². The smallest absolute Gasteiger partial charge is 0.151 e. The van der Waals surface area contributed by atoms with Crippen LogP contribution in [0.2, 0.25) is 0 Å². The van der Waals surface area contributed by atoms with E-state index in [1.807, 2.05) is 32.2 Å². The van der Waals surface area contributed by atoms with Crippen LogP contribution in [0.3, 0.4) is 0 Å². The van der Waals surface area contributed by atoms with Crippen molar-refractivity contribution < 1.29 is 0 Å². The van der Waals surface area contributed by atoms with Gasteiger partial charge in [-0.15, -0.1) is 5.10 Å². The lowest BCUT2D eigenvalue weighted by atomic mass is 10.4. The van der Waals surface area contributed by atoms with E-state index in [0.717, 1.165) is 11.5 Å². The Morgan fingerprint density at radius 1 is 1.50 bits per heavy atom. The number of anilines is 1. The standard InChI is InChI=1S/C8H10N4/c1-7-3-4-8(11-10-7)12(2)6-5-9/h3-4H,6H2,1-2H3. The number of aryl methyl sites for hydroxylation is 1. The largest absolute Gasteiger partial charge is 0.345 e. The number of aromatic nitrogens is 2. The average Bonchev–Trinajstić information content (AvgIpc) is 2.06. The first-order valence-electron chi connectivity index (χ1n) is 3.62. The molecule has 0 atom stereocenters. The van der Waals surface area contributed by atoms with Crippen molar-refractivity contribution in [3.8, 4) is 6.07 Å². The van der Waals surface area contributed by atoms with Gasteiger partial charge in [-0.2, -0.15) is 10.4 Å². The maximum atomic E-state index is 8.41. The lowest BCUT2D eigenvalue weighted by molar-refractivity contribution is 0.910. The van der Waals surface area contributed by atoms with E-state index in [9.17, 15) is 0 Å². The molecule has 0 aliphatic rings. The molecule has 0 radical (unpaired) electrons. The number of hydrogen-bond donors (Lipinski definition) is 0. The number of rotatable bonds is 2. The zero-order valence-corrected chi connectivity index (χ0v) is 7.15. The third kappa shape index (κ3) is 1.92. The van der Waals surface area contributed by atoms with Crippen LogP contribution in [0.4, 0.5) is 5.82 Å². The van der Waals surface area contributed by atoms with E-state index in [0.29, 0.717) is 6.54 Å². The van der Waals surface area contributed by atoms with Gasteiger partial charge < -0.3 is 4.90 Å². The van der Waals surface area contributed by atoms with E-state index in [1.165, 1.54) is 0 Å². The average molecular weight is 162 g/mol. The minimum absolute atomic E-state index is 0.331. The summed E-state index contributed by atoms with van der Waals surface area (Å²) in [5.74, 6) is 0.724. The van der Waals surface area contributed by atoms with Crippen LogP contribution in [0.15, 0.2) is 12.1 Å². The van der Waals surface area contributed by atoms with Gasteiger partial charge in [-0.25, -0.2) is 0 Å². The zero-order chi connectivity index (χ0) is 8.97. The molecule has 4 nitrogen and oxygen atoms in total. The second-order valence-corrected chi connectivity index (χ2v) is 2.55. The molecule has 1 aromatic rings. The van der Waals surface area contributed by atoms with Crippen molar-refractivity contribution in [2.45, 2.75) is 6.92 Å². The molecule has 0 unspecified atom stereocenters. The van der Waals surface area contributed by atoms with Crippen molar-refractivity contribution >= 4 is 5.82 Å². The Hall–Kier alpha value is -1.63. The molecule has 62 valence electrons. The van der Waals surface area contributed by atoms with E-state index in [-0.39, 0.29) is 0 Å². The van der Waals surface area contributed by atoms with Crippen LogP contribution in [0.5, 0.6) is 0 Å². The van der Waals surface area contributed by atoms with Crippen LogP contribution >= 0.6 is 0 Å². The van der Waals surface area contributed by atoms with Gasteiger partial charge in [0.2, 0.25) is 0 Å². The quantitative estimate of drug-likeness (QED) is 0.602. The maximum Gasteiger partial charge on any atom is 0.151 e. The van der Waals surface area contributed by atoms with E-state index < -0.39 is 0 Å². The molecule has 0 N–H and O–H groups in total. The van der Waals surface area contributed by atoms with Crippen molar-refractivity contribution in [1.82, 2.24) is 10.2 Å². The summed E-state index contributed by atoms with van der Waals surface area (Å²) in [7, 11) is 1.81. The summed E-state index contributed by atoms with van der Waals surface area (Å²) in [6, 6.07) is 5.76. The Morgan fingerprint density at radius 2 is 2.25 bits per heavy atom. The van der Waals surface area contributed by atoms with E-state index >= 15 is 0 Å². The Bertz CT molecular complexity index is 285. The van der Waals surface area contributed by atoms with E-state index in [2.05, 4.69) is 10.2 Å². The molecule has 12 heavy (non-hydrogen) atoms. The van der Waals surface area contributed by atoms with E-state index in [1.54, 1.807) is 4.90 Å². The van der Waals surface area contributed by atoms with Crippen molar-refractivity contribution in [3.63, 3.8) is 0 Å². The van der Waals surface area contributed by atoms with Gasteiger partial charge in [0.1, 0.15) is 6.54 Å². The van der Waals surface area contributed by atoms with Gasteiger partial charge in [0.05, 0.1) is 11.8 Å². The van der Waals surface area contributed by atoms with Gasteiger partial charge in [0.15, 0.2) is 5.82 Å². The molecule has 1 heterocycles. The Labute approximate surface area is 71.5 Å². The highest BCUT2D eigenvalue weighted by atomic mass is 15.2. The molecule has 0 saturated carbocycles. The molecular weight excluding hydrogens is 152 g/mol. The molecular formula is C8H10N4. The monoisotopic (exact) mass is 162 g/mol. The Morgan fingerprint density at radius 3 is 2.75 bits per heavy atom. The summed E-state index contributed by atoms with van der Waals surface area (Å²) in [6.45, 7) is 2.21. The van der Waals surface area contributed by atoms with Crippen LogP contribution in [0.1, 0.15) is 5.69 Å². The molecule has 4 heteroatoms. The molecule has 1 aromatic heterocycles. The van der Waals surface area contributed by atoms with E-state index in [4.69, 9.17) is 5.26 Å². The summed E-state index contributed by atoms with van der Waals surface area (Å²) in [5.41, 5.74) is 0.879. The second kappa shape index (κ2) is 3.67. The zero-order valence-electron chi connectivity index (χ0n) is 7.15. The van der Waals surface area contributed by atoms with Gasteiger partial charge in [-0.1, -0.05) is 0 Å². The fourth-order valence-electron chi connectivity index (χ4n) is 0.783. The molecule has 0 saturated heterocycles. The molecule has 0 bridgehead atoms. The first kappa shape index (κ1) is 8.47. The second-order valence-electron chi connectivity index (χ2n) is 2.55. The van der Waals surface area contributed by atoms with Crippen molar-refractivity contribution in [1.29, 1.82) is 5.26 Å². The topological polar surface area (TPSA) is 52.8 Å². The lowest BCUT2D eigenvalue weighted by Gasteiger charge is -2.12. The van der Waals surface area contributed by atoms with Crippen molar-refractivity contribution in [2.75, 3.05) is 18.5 Å². The third-order valence-electron chi connectivity index (χ3n) is 1.48. The van der Waals surface area contributed by atoms with Crippen LogP contribution < -0.4 is 4.90 Å². The maximum absolute atomic E-state index is 8.41.